The minimum Gasteiger partial charge on any atom is -0.369 e. The summed E-state index contributed by atoms with van der Waals surface area (Å²) in [5.41, 5.74) is 7.28. The van der Waals surface area contributed by atoms with E-state index >= 15 is 0 Å². The second-order valence-corrected chi connectivity index (χ2v) is 3.40. The molecule has 2 rings (SSSR count). The quantitative estimate of drug-likeness (QED) is 0.710. The minimum absolute atomic E-state index is 0.214. The lowest BCUT2D eigenvalue weighted by molar-refractivity contribution is 1.03. The van der Waals surface area contributed by atoms with Gasteiger partial charge in [-0.2, -0.15) is 9.97 Å². The smallest absolute Gasteiger partial charge is 0.224 e. The molecule has 0 aliphatic rings. The van der Waals surface area contributed by atoms with Crippen LogP contribution < -0.4 is 5.73 Å². The lowest BCUT2D eigenvalue weighted by atomic mass is 10.2. The number of pyridine rings is 1. The molecule has 0 unspecified atom stereocenters. The highest BCUT2D eigenvalue weighted by Gasteiger charge is 2.05. The molecule has 0 saturated heterocycles. The molecule has 2 aromatic rings. The first-order valence-electron chi connectivity index (χ1n) is 4.32. The Hall–Kier alpha value is -1.82. The van der Waals surface area contributed by atoms with Crippen LogP contribution in [0.5, 0.6) is 0 Å². The molecule has 0 saturated carbocycles. The van der Waals surface area contributed by atoms with Crippen LogP contribution in [0, 0.1) is 11.7 Å². The number of hydrogen-bond acceptors (Lipinski definition) is 5. The van der Waals surface area contributed by atoms with Gasteiger partial charge >= 0.3 is 0 Å². The van der Waals surface area contributed by atoms with Crippen LogP contribution in [0.4, 0.5) is 5.95 Å². The number of hydrogen-bond donors (Lipinski definition) is 2. The van der Waals surface area contributed by atoms with Crippen molar-refractivity contribution in [2.75, 3.05) is 5.73 Å². The number of nitrogen functional groups attached to an aromatic ring is 1. The summed E-state index contributed by atoms with van der Waals surface area (Å²) < 4.78 is 0.214. The summed E-state index contributed by atoms with van der Waals surface area (Å²) in [5.74, 6) is 0.792. The largest absolute Gasteiger partial charge is 0.369 e. The number of rotatable bonds is 1. The SMILES string of the molecule is Cc1cccnc1-c1nc(=S)nc(N)[nH]1. The zero-order valence-corrected chi connectivity index (χ0v) is 8.88. The molecule has 15 heavy (non-hydrogen) atoms. The molecule has 0 atom stereocenters. The number of aromatic nitrogens is 4. The van der Waals surface area contributed by atoms with Crippen LogP contribution in [0.1, 0.15) is 5.56 Å². The first kappa shape index (κ1) is 9.72. The van der Waals surface area contributed by atoms with Gasteiger partial charge in [0.25, 0.3) is 0 Å². The fraction of sp³-hybridized carbons (Fsp3) is 0.111. The summed E-state index contributed by atoms with van der Waals surface area (Å²) in [5, 5.41) is 0. The number of nitrogens with two attached hydrogens (primary N) is 1. The number of H-pyrrole nitrogens is 1. The number of aryl methyl sites for hydroxylation is 1. The Kier molecular flexibility index (Phi) is 2.42. The predicted octanol–water partition coefficient (Wildman–Crippen LogP) is 1.49. The molecule has 0 aliphatic carbocycles. The lowest BCUT2D eigenvalue weighted by Crippen LogP contribution is -2.01. The number of anilines is 1. The van der Waals surface area contributed by atoms with E-state index in [1.807, 2.05) is 19.1 Å². The maximum atomic E-state index is 5.55. The lowest BCUT2D eigenvalue weighted by Gasteiger charge is -2.03. The molecule has 76 valence electrons. The van der Waals surface area contributed by atoms with Crippen LogP contribution in [0.25, 0.3) is 11.5 Å². The Bertz CT molecular complexity index is 548. The van der Waals surface area contributed by atoms with Crippen LogP contribution in [0.2, 0.25) is 0 Å². The minimum atomic E-state index is 0.214. The summed E-state index contributed by atoms with van der Waals surface area (Å²) in [6.07, 6.45) is 1.69. The normalized spacial score (nSPS) is 10.2. The van der Waals surface area contributed by atoms with Gasteiger partial charge < -0.3 is 10.7 Å². The van der Waals surface area contributed by atoms with E-state index in [-0.39, 0.29) is 10.7 Å². The Morgan fingerprint density at radius 1 is 1.40 bits per heavy atom. The average molecular weight is 219 g/mol. The fourth-order valence-corrected chi connectivity index (χ4v) is 1.44. The maximum Gasteiger partial charge on any atom is 0.224 e. The van der Waals surface area contributed by atoms with Crippen molar-refractivity contribution in [2.45, 2.75) is 6.92 Å². The van der Waals surface area contributed by atoms with E-state index in [1.54, 1.807) is 6.20 Å². The summed E-state index contributed by atoms with van der Waals surface area (Å²) in [6, 6.07) is 3.80. The number of aromatic amines is 1. The Labute approximate surface area is 91.4 Å². The van der Waals surface area contributed by atoms with Crippen LogP contribution in [-0.2, 0) is 0 Å². The molecule has 2 heterocycles. The van der Waals surface area contributed by atoms with Gasteiger partial charge in [0.15, 0.2) is 5.82 Å². The fourth-order valence-electron chi connectivity index (χ4n) is 1.25. The Morgan fingerprint density at radius 2 is 2.20 bits per heavy atom. The summed E-state index contributed by atoms with van der Waals surface area (Å²) in [6.45, 7) is 1.94. The highest BCUT2D eigenvalue weighted by Crippen LogP contribution is 2.15. The van der Waals surface area contributed by atoms with Gasteiger partial charge in [0.05, 0.1) is 0 Å². The molecule has 0 radical (unpaired) electrons. The van der Waals surface area contributed by atoms with Crippen molar-refractivity contribution in [3.63, 3.8) is 0 Å². The molecule has 5 nitrogen and oxygen atoms in total. The molecule has 0 fully saturated rings. The molecule has 2 aromatic heterocycles. The van der Waals surface area contributed by atoms with Crippen LogP contribution in [0.3, 0.4) is 0 Å². The Morgan fingerprint density at radius 3 is 2.87 bits per heavy atom. The van der Waals surface area contributed by atoms with Crippen molar-refractivity contribution in [2.24, 2.45) is 0 Å². The van der Waals surface area contributed by atoms with Gasteiger partial charge in [0, 0.05) is 6.20 Å². The van der Waals surface area contributed by atoms with E-state index in [1.165, 1.54) is 0 Å². The van der Waals surface area contributed by atoms with Gasteiger partial charge in [-0.3, -0.25) is 4.98 Å². The van der Waals surface area contributed by atoms with Crippen LogP contribution in [0.15, 0.2) is 18.3 Å². The number of nitrogens with zero attached hydrogens (tertiary/aromatic N) is 3. The number of nitrogens with one attached hydrogen (secondary N) is 1. The molecule has 0 aliphatic heterocycles. The molecule has 6 heteroatoms. The molecule has 0 spiro atoms. The Balaban J connectivity index is 2.64. The van der Waals surface area contributed by atoms with E-state index in [0.29, 0.717) is 5.82 Å². The van der Waals surface area contributed by atoms with Crippen molar-refractivity contribution in [3.8, 4) is 11.5 Å². The molecule has 0 amide bonds. The third-order valence-electron chi connectivity index (χ3n) is 1.90. The third-order valence-corrected chi connectivity index (χ3v) is 2.09. The van der Waals surface area contributed by atoms with Crippen LogP contribution >= 0.6 is 12.2 Å². The summed E-state index contributed by atoms with van der Waals surface area (Å²) in [4.78, 5) is 14.9. The molecular weight excluding hydrogens is 210 g/mol. The predicted molar refractivity (Wildman–Crippen MR) is 59.6 cm³/mol. The average Bonchev–Trinajstić information content (AvgIpc) is 2.16. The molecule has 3 N–H and O–H groups in total. The molecule has 0 aromatic carbocycles. The standard InChI is InChI=1S/C9H9N5S/c1-5-3-2-4-11-6(5)7-12-8(10)14-9(15)13-7/h2-4H,1H3,(H3,10,12,13,14,15). The van der Waals surface area contributed by atoms with Crippen molar-refractivity contribution in [1.29, 1.82) is 0 Å². The van der Waals surface area contributed by atoms with Crippen molar-refractivity contribution < 1.29 is 0 Å². The third kappa shape index (κ3) is 1.99. The second-order valence-electron chi connectivity index (χ2n) is 3.03. The van der Waals surface area contributed by atoms with Gasteiger partial charge in [0.2, 0.25) is 10.7 Å². The zero-order chi connectivity index (χ0) is 10.8. The summed E-state index contributed by atoms with van der Waals surface area (Å²) >= 11 is 4.88. The summed E-state index contributed by atoms with van der Waals surface area (Å²) in [7, 11) is 0. The van der Waals surface area contributed by atoms with E-state index in [9.17, 15) is 0 Å². The van der Waals surface area contributed by atoms with E-state index in [4.69, 9.17) is 18.0 Å². The highest BCUT2D eigenvalue weighted by atomic mass is 32.1. The first-order chi connectivity index (χ1) is 7.16. The van der Waals surface area contributed by atoms with E-state index < -0.39 is 0 Å². The monoisotopic (exact) mass is 219 g/mol. The van der Waals surface area contributed by atoms with Crippen LogP contribution in [-0.4, -0.2) is 19.9 Å². The van der Waals surface area contributed by atoms with E-state index in [0.717, 1.165) is 11.3 Å². The van der Waals surface area contributed by atoms with Crippen molar-refractivity contribution in [3.05, 3.63) is 28.7 Å². The van der Waals surface area contributed by atoms with Gasteiger partial charge in [-0.1, -0.05) is 6.07 Å². The van der Waals surface area contributed by atoms with Crippen molar-refractivity contribution >= 4 is 18.2 Å². The second kappa shape index (κ2) is 3.74. The highest BCUT2D eigenvalue weighted by molar-refractivity contribution is 7.71. The van der Waals surface area contributed by atoms with Gasteiger partial charge in [0.1, 0.15) is 5.69 Å². The molecule has 0 bridgehead atoms. The maximum absolute atomic E-state index is 5.55. The van der Waals surface area contributed by atoms with Crippen molar-refractivity contribution in [1.82, 2.24) is 19.9 Å². The van der Waals surface area contributed by atoms with E-state index in [2.05, 4.69) is 19.9 Å². The molecular formula is C9H9N5S. The van der Waals surface area contributed by atoms with Gasteiger partial charge in [-0.25, -0.2) is 0 Å². The topological polar surface area (TPSA) is 80.5 Å². The van der Waals surface area contributed by atoms with Gasteiger partial charge in [-0.15, -0.1) is 0 Å². The zero-order valence-electron chi connectivity index (χ0n) is 8.06. The van der Waals surface area contributed by atoms with Gasteiger partial charge in [-0.05, 0) is 30.8 Å². The first-order valence-corrected chi connectivity index (χ1v) is 4.73.